The number of ether oxygens (including phenoxy) is 2. The Bertz CT molecular complexity index is 1150. The lowest BCUT2D eigenvalue weighted by Crippen LogP contribution is -2.33. The summed E-state index contributed by atoms with van der Waals surface area (Å²) in [4.78, 5) is 24.8. The maximum Gasteiger partial charge on any atom is 0.338 e. The average molecular weight is 499 g/mol. The molecule has 0 radical (unpaired) electrons. The first-order chi connectivity index (χ1) is 15.6. The third kappa shape index (κ3) is 6.21. The molecule has 3 rings (SSSR count). The van der Waals surface area contributed by atoms with Crippen molar-refractivity contribution in [2.45, 2.75) is 49.6 Å². The number of amides is 1. The van der Waals surface area contributed by atoms with Gasteiger partial charge in [0.1, 0.15) is 16.5 Å². The van der Waals surface area contributed by atoms with Crippen LogP contribution in [0.4, 0.5) is 10.1 Å². The van der Waals surface area contributed by atoms with Crippen LogP contribution in [0.15, 0.2) is 41.3 Å². The molecule has 0 heterocycles. The van der Waals surface area contributed by atoms with Gasteiger partial charge in [-0.3, -0.25) is 4.79 Å². The number of methoxy groups -OCH3 is 1. The molecule has 1 atom stereocenters. The minimum Gasteiger partial charge on any atom is -0.495 e. The van der Waals surface area contributed by atoms with E-state index in [1.807, 2.05) is 0 Å². The van der Waals surface area contributed by atoms with E-state index in [4.69, 9.17) is 21.1 Å². The summed E-state index contributed by atoms with van der Waals surface area (Å²) in [7, 11) is -2.62. The van der Waals surface area contributed by atoms with Crippen molar-refractivity contribution in [2.75, 3.05) is 12.4 Å². The van der Waals surface area contributed by atoms with E-state index in [1.54, 1.807) is 0 Å². The van der Waals surface area contributed by atoms with Crippen LogP contribution in [0.5, 0.6) is 5.75 Å². The van der Waals surface area contributed by atoms with E-state index in [9.17, 15) is 22.4 Å². The van der Waals surface area contributed by atoms with Crippen LogP contribution >= 0.6 is 11.6 Å². The quantitative estimate of drug-likeness (QED) is 0.534. The molecule has 1 amide bonds. The molecule has 8 nitrogen and oxygen atoms in total. The van der Waals surface area contributed by atoms with E-state index in [0.717, 1.165) is 43.9 Å². The van der Waals surface area contributed by atoms with E-state index in [2.05, 4.69) is 10.0 Å². The van der Waals surface area contributed by atoms with Gasteiger partial charge in [-0.2, -0.15) is 0 Å². The van der Waals surface area contributed by atoms with E-state index in [0.29, 0.717) is 0 Å². The zero-order valence-corrected chi connectivity index (χ0v) is 19.6. The van der Waals surface area contributed by atoms with Crippen LogP contribution < -0.4 is 14.8 Å². The number of benzene rings is 2. The Morgan fingerprint density at radius 3 is 2.48 bits per heavy atom. The minimum absolute atomic E-state index is 0.0124. The lowest BCUT2D eigenvalue weighted by Gasteiger charge is -2.17. The van der Waals surface area contributed by atoms with Crippen LogP contribution in [0.1, 0.15) is 43.0 Å². The number of hydrogen-bond donors (Lipinski definition) is 2. The fourth-order valence-electron chi connectivity index (χ4n) is 3.45. The standard InChI is InChI=1S/C22H24ClFN2O6S/c1-13(21(27)25-18-9-8-15(24)12-17(18)23)32-22(28)14-7-10-19(31-2)20(11-14)33(29,30)26-16-5-3-4-6-16/h7-13,16,26H,3-6H2,1-2H3,(H,25,27). The van der Waals surface area contributed by atoms with E-state index in [-0.39, 0.29) is 33.0 Å². The number of carbonyl (C=O) groups excluding carboxylic acids is 2. The Labute approximate surface area is 196 Å². The first-order valence-electron chi connectivity index (χ1n) is 10.3. The zero-order valence-electron chi connectivity index (χ0n) is 18.1. The molecule has 0 saturated heterocycles. The Hall–Kier alpha value is -2.69. The largest absolute Gasteiger partial charge is 0.495 e. The molecule has 0 aromatic heterocycles. The highest BCUT2D eigenvalue weighted by molar-refractivity contribution is 7.89. The van der Waals surface area contributed by atoms with E-state index in [1.165, 1.54) is 32.2 Å². The number of rotatable bonds is 8. The molecule has 2 aromatic rings. The first kappa shape index (κ1) is 24.9. The highest BCUT2D eigenvalue weighted by atomic mass is 35.5. The third-order valence-corrected chi connectivity index (χ3v) is 7.06. The van der Waals surface area contributed by atoms with Crippen LogP contribution in [-0.4, -0.2) is 39.5 Å². The van der Waals surface area contributed by atoms with Crippen molar-refractivity contribution in [3.05, 3.63) is 52.8 Å². The summed E-state index contributed by atoms with van der Waals surface area (Å²) in [5, 5.41) is 2.44. The van der Waals surface area contributed by atoms with Crippen LogP contribution in [-0.2, 0) is 19.6 Å². The van der Waals surface area contributed by atoms with Gasteiger partial charge < -0.3 is 14.8 Å². The van der Waals surface area contributed by atoms with Crippen molar-refractivity contribution in [2.24, 2.45) is 0 Å². The fourth-order valence-corrected chi connectivity index (χ4v) is 5.16. The second-order valence-electron chi connectivity index (χ2n) is 7.63. The van der Waals surface area contributed by atoms with Gasteiger partial charge >= 0.3 is 5.97 Å². The number of esters is 1. The molecular weight excluding hydrogens is 475 g/mol. The van der Waals surface area contributed by atoms with Gasteiger partial charge in [0.15, 0.2) is 6.10 Å². The minimum atomic E-state index is -3.94. The summed E-state index contributed by atoms with van der Waals surface area (Å²) < 4.78 is 51.9. The van der Waals surface area contributed by atoms with Gasteiger partial charge in [-0.1, -0.05) is 24.4 Å². The predicted molar refractivity (Wildman–Crippen MR) is 120 cm³/mol. The highest BCUT2D eigenvalue weighted by Crippen LogP contribution is 2.28. The lowest BCUT2D eigenvalue weighted by atomic mass is 10.2. The monoisotopic (exact) mass is 498 g/mol. The highest BCUT2D eigenvalue weighted by Gasteiger charge is 2.28. The maximum atomic E-state index is 13.2. The SMILES string of the molecule is COc1ccc(C(=O)OC(C)C(=O)Nc2ccc(F)cc2Cl)cc1S(=O)(=O)NC1CCCC1. The Kier molecular flexibility index (Phi) is 7.93. The second kappa shape index (κ2) is 10.5. The molecule has 1 unspecified atom stereocenters. The van der Waals surface area contributed by atoms with Gasteiger partial charge in [-0.25, -0.2) is 22.3 Å². The predicted octanol–water partition coefficient (Wildman–Crippen LogP) is 3.89. The van der Waals surface area contributed by atoms with Crippen LogP contribution in [0.2, 0.25) is 5.02 Å². The Balaban J connectivity index is 1.73. The van der Waals surface area contributed by atoms with Crippen molar-refractivity contribution < 1.29 is 31.9 Å². The van der Waals surface area contributed by atoms with E-state index >= 15 is 0 Å². The normalized spacial score (nSPS) is 15.2. The molecule has 11 heteroatoms. The van der Waals surface area contributed by atoms with Crippen molar-refractivity contribution >= 4 is 39.2 Å². The lowest BCUT2D eigenvalue weighted by molar-refractivity contribution is -0.123. The van der Waals surface area contributed by atoms with Crippen molar-refractivity contribution in [3.63, 3.8) is 0 Å². The molecule has 33 heavy (non-hydrogen) atoms. The number of anilines is 1. The number of nitrogens with one attached hydrogen (secondary N) is 2. The number of halogens is 2. The molecule has 1 saturated carbocycles. The van der Waals surface area contributed by atoms with Gasteiger partial charge in [0.05, 0.1) is 23.4 Å². The summed E-state index contributed by atoms with van der Waals surface area (Å²) in [5.41, 5.74) is 0.0869. The fraction of sp³-hybridized carbons (Fsp3) is 0.364. The van der Waals surface area contributed by atoms with Crippen molar-refractivity contribution in [1.82, 2.24) is 4.72 Å². The first-order valence-corrected chi connectivity index (χ1v) is 12.1. The second-order valence-corrected chi connectivity index (χ2v) is 9.72. The molecular formula is C22H24ClFN2O6S. The molecule has 1 fully saturated rings. The van der Waals surface area contributed by atoms with Gasteiger partial charge in [-0.05, 0) is 56.2 Å². The Morgan fingerprint density at radius 2 is 1.85 bits per heavy atom. The zero-order chi connectivity index (χ0) is 24.2. The molecule has 1 aliphatic rings. The summed E-state index contributed by atoms with van der Waals surface area (Å²) in [5.74, 6) is -2.08. The topological polar surface area (TPSA) is 111 Å². The summed E-state index contributed by atoms with van der Waals surface area (Å²) in [6, 6.07) is 7.11. The van der Waals surface area contributed by atoms with Crippen molar-refractivity contribution in [1.29, 1.82) is 0 Å². The third-order valence-electron chi connectivity index (χ3n) is 5.21. The molecule has 0 bridgehead atoms. The Morgan fingerprint density at radius 1 is 1.15 bits per heavy atom. The van der Waals surface area contributed by atoms with Gasteiger partial charge in [0.2, 0.25) is 10.0 Å². The van der Waals surface area contributed by atoms with Gasteiger partial charge in [-0.15, -0.1) is 0 Å². The number of hydrogen-bond acceptors (Lipinski definition) is 6. The smallest absolute Gasteiger partial charge is 0.338 e. The summed E-state index contributed by atoms with van der Waals surface area (Å²) in [6.07, 6.45) is 2.14. The molecule has 0 aliphatic heterocycles. The molecule has 1 aliphatic carbocycles. The maximum absolute atomic E-state index is 13.2. The van der Waals surface area contributed by atoms with Gasteiger partial charge in [0, 0.05) is 6.04 Å². The van der Waals surface area contributed by atoms with Crippen molar-refractivity contribution in [3.8, 4) is 5.75 Å². The number of sulfonamides is 1. The van der Waals surface area contributed by atoms with Crippen LogP contribution in [0.25, 0.3) is 0 Å². The molecule has 178 valence electrons. The van der Waals surface area contributed by atoms with Crippen LogP contribution in [0.3, 0.4) is 0 Å². The summed E-state index contributed by atoms with van der Waals surface area (Å²) in [6.45, 7) is 1.34. The number of carbonyl (C=O) groups is 2. The van der Waals surface area contributed by atoms with Gasteiger partial charge in [0.25, 0.3) is 5.91 Å². The molecule has 2 N–H and O–H groups in total. The van der Waals surface area contributed by atoms with E-state index < -0.39 is 33.8 Å². The molecule has 2 aromatic carbocycles. The average Bonchev–Trinajstić information content (AvgIpc) is 3.27. The summed E-state index contributed by atoms with van der Waals surface area (Å²) >= 11 is 5.89. The van der Waals surface area contributed by atoms with Crippen LogP contribution in [0, 0.1) is 5.82 Å². The molecule has 0 spiro atoms.